The van der Waals surface area contributed by atoms with E-state index in [1.54, 1.807) is 24.3 Å². The number of carbonyl (C=O) groups is 3. The zero-order chi connectivity index (χ0) is 20.5. The molecule has 2 amide bonds. The van der Waals surface area contributed by atoms with Gasteiger partial charge in [0.15, 0.2) is 10.9 Å². The highest BCUT2D eigenvalue weighted by atomic mass is 32.2. The number of carboxylic acids is 1. The SMILES string of the molecule is O=C(O)CC1SC(=N/N=C2/C(=O)Nc3ccccc32)N(c2ccc(O)cc2)C1=O. The van der Waals surface area contributed by atoms with Crippen molar-refractivity contribution in [1.82, 2.24) is 0 Å². The molecule has 2 heterocycles. The van der Waals surface area contributed by atoms with Crippen molar-refractivity contribution in [3.8, 4) is 5.75 Å². The van der Waals surface area contributed by atoms with Gasteiger partial charge in [-0.05, 0) is 30.3 Å². The Labute approximate surface area is 168 Å². The van der Waals surface area contributed by atoms with Gasteiger partial charge in [0.1, 0.15) is 11.0 Å². The molecule has 0 aromatic heterocycles. The first-order valence-corrected chi connectivity index (χ1v) is 9.40. The molecule has 0 bridgehead atoms. The number of carboxylic acid groups (broad SMARTS) is 1. The molecule has 146 valence electrons. The van der Waals surface area contributed by atoms with Crippen LogP contribution in [0.3, 0.4) is 0 Å². The van der Waals surface area contributed by atoms with Crippen LogP contribution in [-0.2, 0) is 14.4 Å². The largest absolute Gasteiger partial charge is 0.508 e. The quantitative estimate of drug-likeness (QED) is 0.661. The minimum Gasteiger partial charge on any atom is -0.508 e. The third-order valence-corrected chi connectivity index (χ3v) is 5.41. The van der Waals surface area contributed by atoms with Crippen molar-refractivity contribution in [3.63, 3.8) is 0 Å². The molecule has 1 fully saturated rings. The number of hydrogen-bond acceptors (Lipinski definition) is 7. The van der Waals surface area contributed by atoms with Gasteiger partial charge in [-0.25, -0.2) is 0 Å². The summed E-state index contributed by atoms with van der Waals surface area (Å²) < 4.78 is 0. The van der Waals surface area contributed by atoms with Crippen molar-refractivity contribution in [3.05, 3.63) is 54.1 Å². The van der Waals surface area contributed by atoms with Crippen LogP contribution in [0.5, 0.6) is 5.75 Å². The molecule has 2 aliphatic heterocycles. The van der Waals surface area contributed by atoms with Gasteiger partial charge in [-0.1, -0.05) is 30.0 Å². The Morgan fingerprint density at radius 2 is 1.83 bits per heavy atom. The second-order valence-electron chi connectivity index (χ2n) is 6.23. The molecule has 9 nitrogen and oxygen atoms in total. The Kier molecular flexibility index (Phi) is 4.77. The molecule has 1 saturated heterocycles. The van der Waals surface area contributed by atoms with Gasteiger partial charge in [0.05, 0.1) is 17.8 Å². The summed E-state index contributed by atoms with van der Waals surface area (Å²) in [5.41, 5.74) is 1.72. The zero-order valence-corrected chi connectivity index (χ0v) is 15.6. The molecule has 2 aromatic carbocycles. The van der Waals surface area contributed by atoms with Crippen molar-refractivity contribution in [2.45, 2.75) is 11.7 Å². The number of phenolic OH excluding ortho intramolecular Hbond substituents is 1. The second kappa shape index (κ2) is 7.40. The topological polar surface area (TPSA) is 132 Å². The number of anilines is 2. The molecular formula is C19H14N4O5S. The number of aliphatic carboxylic acids is 1. The number of amidine groups is 1. The van der Waals surface area contributed by atoms with E-state index in [-0.39, 0.29) is 23.0 Å². The Bertz CT molecular complexity index is 1080. The smallest absolute Gasteiger partial charge is 0.305 e. The number of phenols is 1. The van der Waals surface area contributed by atoms with Gasteiger partial charge in [0.2, 0.25) is 5.91 Å². The third-order valence-electron chi connectivity index (χ3n) is 4.28. The average Bonchev–Trinajstić information content (AvgIpc) is 3.16. The molecule has 0 spiro atoms. The first-order valence-electron chi connectivity index (χ1n) is 8.52. The van der Waals surface area contributed by atoms with Crippen LogP contribution in [0, 0.1) is 0 Å². The van der Waals surface area contributed by atoms with Crippen molar-refractivity contribution in [2.24, 2.45) is 10.2 Å². The van der Waals surface area contributed by atoms with Crippen LogP contribution in [0.2, 0.25) is 0 Å². The summed E-state index contributed by atoms with van der Waals surface area (Å²) in [6, 6.07) is 12.8. The standard InChI is InChI=1S/C19H14N4O5S/c24-11-7-5-10(6-8-11)23-18(28)14(9-15(25)26)29-19(23)22-21-16-12-3-1-2-4-13(12)20-17(16)27/h1-8,14,24H,9H2,(H,25,26)(H,20,21,27). The molecule has 0 aliphatic carbocycles. The number of fused-ring (bicyclic) bond motifs is 1. The number of para-hydroxylation sites is 1. The van der Waals surface area contributed by atoms with E-state index in [2.05, 4.69) is 15.5 Å². The molecule has 2 aromatic rings. The molecule has 1 unspecified atom stereocenters. The van der Waals surface area contributed by atoms with E-state index in [4.69, 9.17) is 5.11 Å². The number of nitrogens with zero attached hydrogens (tertiary/aromatic N) is 3. The summed E-state index contributed by atoms with van der Waals surface area (Å²) in [7, 11) is 0. The summed E-state index contributed by atoms with van der Waals surface area (Å²) in [5.74, 6) is -1.97. The fourth-order valence-electron chi connectivity index (χ4n) is 2.96. The predicted octanol–water partition coefficient (Wildman–Crippen LogP) is 2.03. The highest BCUT2D eigenvalue weighted by Gasteiger charge is 2.40. The van der Waals surface area contributed by atoms with Gasteiger partial charge in [-0.2, -0.15) is 0 Å². The molecule has 10 heteroatoms. The first kappa shape index (κ1) is 18.7. The molecule has 4 rings (SSSR count). The lowest BCUT2D eigenvalue weighted by Crippen LogP contribution is -2.32. The molecule has 0 saturated carbocycles. The molecule has 1 atom stereocenters. The van der Waals surface area contributed by atoms with E-state index in [9.17, 15) is 19.5 Å². The van der Waals surface area contributed by atoms with Crippen LogP contribution >= 0.6 is 11.8 Å². The van der Waals surface area contributed by atoms with Gasteiger partial charge in [0.25, 0.3) is 5.91 Å². The van der Waals surface area contributed by atoms with Crippen molar-refractivity contribution < 1.29 is 24.6 Å². The van der Waals surface area contributed by atoms with Crippen LogP contribution in [-0.4, -0.2) is 44.1 Å². The minimum atomic E-state index is -1.11. The Morgan fingerprint density at radius 1 is 1.10 bits per heavy atom. The number of carbonyl (C=O) groups excluding carboxylic acids is 2. The summed E-state index contributed by atoms with van der Waals surface area (Å²) in [5, 5.41) is 28.7. The lowest BCUT2D eigenvalue weighted by atomic mass is 10.1. The minimum absolute atomic E-state index is 0.0214. The van der Waals surface area contributed by atoms with E-state index in [0.29, 0.717) is 16.9 Å². The number of aromatic hydroxyl groups is 1. The number of benzene rings is 2. The fourth-order valence-corrected chi connectivity index (χ4v) is 4.03. The molecule has 2 aliphatic rings. The summed E-state index contributed by atoms with van der Waals surface area (Å²) >= 11 is 0.964. The first-order chi connectivity index (χ1) is 13.9. The molecule has 3 N–H and O–H groups in total. The van der Waals surface area contributed by atoms with Crippen LogP contribution in [0.1, 0.15) is 12.0 Å². The maximum atomic E-state index is 12.8. The normalized spacial score (nSPS) is 21.0. The number of nitrogens with one attached hydrogen (secondary N) is 1. The molecule has 0 radical (unpaired) electrons. The van der Waals surface area contributed by atoms with Gasteiger partial charge in [-0.15, -0.1) is 10.2 Å². The Morgan fingerprint density at radius 3 is 2.55 bits per heavy atom. The molecule has 29 heavy (non-hydrogen) atoms. The van der Waals surface area contributed by atoms with E-state index < -0.39 is 23.0 Å². The van der Waals surface area contributed by atoms with Gasteiger partial charge in [-0.3, -0.25) is 19.3 Å². The van der Waals surface area contributed by atoms with Crippen molar-refractivity contribution in [2.75, 3.05) is 10.2 Å². The number of thioether (sulfide) groups is 1. The van der Waals surface area contributed by atoms with E-state index in [0.717, 1.165) is 11.8 Å². The second-order valence-corrected chi connectivity index (χ2v) is 7.40. The fraction of sp³-hybridized carbons (Fsp3) is 0.105. The van der Waals surface area contributed by atoms with Gasteiger partial charge < -0.3 is 15.5 Å². The lowest BCUT2D eigenvalue weighted by molar-refractivity contribution is -0.138. The maximum Gasteiger partial charge on any atom is 0.305 e. The van der Waals surface area contributed by atoms with Crippen molar-refractivity contribution in [1.29, 1.82) is 0 Å². The Hall–Kier alpha value is -3.66. The zero-order valence-electron chi connectivity index (χ0n) is 14.8. The van der Waals surface area contributed by atoms with Crippen molar-refractivity contribution >= 4 is 51.8 Å². The number of amides is 2. The van der Waals surface area contributed by atoms with E-state index >= 15 is 0 Å². The number of rotatable bonds is 4. The monoisotopic (exact) mass is 410 g/mol. The van der Waals surface area contributed by atoms with Crippen LogP contribution in [0.4, 0.5) is 11.4 Å². The highest BCUT2D eigenvalue weighted by molar-refractivity contribution is 8.16. The van der Waals surface area contributed by atoms with E-state index in [1.165, 1.54) is 29.2 Å². The average molecular weight is 410 g/mol. The van der Waals surface area contributed by atoms with E-state index in [1.807, 2.05) is 0 Å². The number of hydrogen-bond donors (Lipinski definition) is 3. The lowest BCUT2D eigenvalue weighted by Gasteiger charge is -2.15. The summed E-state index contributed by atoms with van der Waals surface area (Å²) in [4.78, 5) is 37.3. The van der Waals surface area contributed by atoms with Crippen LogP contribution in [0.25, 0.3) is 0 Å². The maximum absolute atomic E-state index is 12.8. The summed E-state index contributed by atoms with van der Waals surface area (Å²) in [6.07, 6.45) is -0.378. The Balaban J connectivity index is 1.73. The third kappa shape index (κ3) is 3.57. The van der Waals surface area contributed by atoms with Crippen LogP contribution in [0.15, 0.2) is 58.7 Å². The van der Waals surface area contributed by atoms with Gasteiger partial charge >= 0.3 is 5.97 Å². The molecular weight excluding hydrogens is 396 g/mol. The van der Waals surface area contributed by atoms with Crippen LogP contribution < -0.4 is 10.2 Å². The predicted molar refractivity (Wildman–Crippen MR) is 108 cm³/mol. The summed E-state index contributed by atoms with van der Waals surface area (Å²) in [6.45, 7) is 0. The van der Waals surface area contributed by atoms with Gasteiger partial charge in [0, 0.05) is 5.56 Å². The highest BCUT2D eigenvalue weighted by Crippen LogP contribution is 2.34.